The van der Waals surface area contributed by atoms with E-state index < -0.39 is 0 Å². The van der Waals surface area contributed by atoms with Crippen LogP contribution in [0.25, 0.3) is 0 Å². The van der Waals surface area contributed by atoms with Gasteiger partial charge in [0.05, 0.1) is 6.61 Å². The van der Waals surface area contributed by atoms with E-state index in [0.29, 0.717) is 12.5 Å². The van der Waals surface area contributed by atoms with Gasteiger partial charge in [-0.15, -0.1) is 0 Å². The van der Waals surface area contributed by atoms with Crippen molar-refractivity contribution in [3.05, 3.63) is 24.0 Å². The number of nitrogens with one attached hydrogen (secondary N) is 1. The lowest BCUT2D eigenvalue weighted by atomic mass is 10.3. The lowest BCUT2D eigenvalue weighted by Crippen LogP contribution is -2.02. The minimum Gasteiger partial charge on any atom is -0.478 e. The predicted molar refractivity (Wildman–Crippen MR) is 61.1 cm³/mol. The van der Waals surface area contributed by atoms with Crippen molar-refractivity contribution >= 4 is 5.82 Å². The number of allylic oxidation sites excluding steroid dienone is 1. The third kappa shape index (κ3) is 4.44. The molecule has 0 aliphatic carbocycles. The van der Waals surface area contributed by atoms with Crippen LogP contribution in [0.2, 0.25) is 0 Å². The Morgan fingerprint density at radius 2 is 2.27 bits per heavy atom. The van der Waals surface area contributed by atoms with Crippen LogP contribution >= 0.6 is 0 Å². The molecule has 4 heteroatoms. The Labute approximate surface area is 90.4 Å². The average Bonchev–Trinajstić information content (AvgIpc) is 2.18. The maximum Gasteiger partial charge on any atom is 0.218 e. The van der Waals surface area contributed by atoms with Gasteiger partial charge in [0.15, 0.2) is 0 Å². The van der Waals surface area contributed by atoms with Crippen molar-refractivity contribution in [2.24, 2.45) is 0 Å². The van der Waals surface area contributed by atoms with Crippen LogP contribution in [0, 0.1) is 0 Å². The highest BCUT2D eigenvalue weighted by Gasteiger charge is 1.96. The molecule has 0 fully saturated rings. The maximum atomic E-state index is 5.27. The largest absolute Gasteiger partial charge is 0.478 e. The quantitative estimate of drug-likeness (QED) is 0.752. The number of hydrogen-bond acceptors (Lipinski definition) is 4. The fourth-order valence-electron chi connectivity index (χ4n) is 1.02. The molecule has 1 aromatic rings. The molecule has 1 aromatic heterocycles. The zero-order chi connectivity index (χ0) is 11.1. The van der Waals surface area contributed by atoms with Crippen molar-refractivity contribution in [1.29, 1.82) is 0 Å². The van der Waals surface area contributed by atoms with Gasteiger partial charge < -0.3 is 10.1 Å². The fourth-order valence-corrected chi connectivity index (χ4v) is 1.02. The summed E-state index contributed by atoms with van der Waals surface area (Å²) in [7, 11) is 0. The number of hydrogen-bond donors (Lipinski definition) is 1. The molecular formula is C11H17N3O. The zero-order valence-electron chi connectivity index (χ0n) is 9.45. The molecule has 0 atom stereocenters. The molecule has 1 N–H and O–H groups in total. The molecule has 1 rings (SSSR count). The second-order valence-electron chi connectivity index (χ2n) is 3.34. The maximum absolute atomic E-state index is 5.27. The minimum atomic E-state index is 0.604. The van der Waals surface area contributed by atoms with Gasteiger partial charge in [-0.05, 0) is 20.8 Å². The number of aromatic nitrogens is 2. The van der Waals surface area contributed by atoms with Crippen molar-refractivity contribution in [1.82, 2.24) is 9.97 Å². The summed E-state index contributed by atoms with van der Waals surface area (Å²) in [5.74, 6) is 1.39. The summed E-state index contributed by atoms with van der Waals surface area (Å²) >= 11 is 0. The monoisotopic (exact) mass is 207 g/mol. The van der Waals surface area contributed by atoms with E-state index in [-0.39, 0.29) is 0 Å². The highest BCUT2D eigenvalue weighted by molar-refractivity contribution is 5.37. The van der Waals surface area contributed by atoms with Gasteiger partial charge in [0.2, 0.25) is 5.88 Å². The van der Waals surface area contributed by atoms with Crippen molar-refractivity contribution in [2.45, 2.75) is 20.8 Å². The molecular weight excluding hydrogens is 190 g/mol. The van der Waals surface area contributed by atoms with Gasteiger partial charge in [-0.2, -0.15) is 0 Å². The molecule has 82 valence electrons. The van der Waals surface area contributed by atoms with Gasteiger partial charge >= 0.3 is 0 Å². The van der Waals surface area contributed by atoms with Crippen LogP contribution in [0.4, 0.5) is 5.82 Å². The van der Waals surface area contributed by atoms with E-state index in [2.05, 4.69) is 35.2 Å². The summed E-state index contributed by atoms with van der Waals surface area (Å²) in [6.07, 6.45) is 3.60. The van der Waals surface area contributed by atoms with Crippen molar-refractivity contribution in [3.63, 3.8) is 0 Å². The van der Waals surface area contributed by atoms with Gasteiger partial charge in [-0.3, -0.25) is 0 Å². The van der Waals surface area contributed by atoms with Gasteiger partial charge in [-0.25, -0.2) is 9.97 Å². The molecule has 0 saturated heterocycles. The molecule has 0 amide bonds. The average molecular weight is 207 g/mol. The molecule has 0 aliphatic rings. The Balaban J connectivity index is 2.53. The first kappa shape index (κ1) is 11.5. The van der Waals surface area contributed by atoms with E-state index >= 15 is 0 Å². The van der Waals surface area contributed by atoms with E-state index in [1.54, 1.807) is 6.07 Å². The Bertz CT molecular complexity index is 332. The second kappa shape index (κ2) is 6.01. The van der Waals surface area contributed by atoms with E-state index in [1.165, 1.54) is 11.9 Å². The molecule has 1 heterocycles. The van der Waals surface area contributed by atoms with Crippen LogP contribution in [-0.2, 0) is 0 Å². The Kier molecular flexibility index (Phi) is 4.60. The summed E-state index contributed by atoms with van der Waals surface area (Å²) < 4.78 is 5.27. The number of ether oxygens (including phenoxy) is 1. The van der Waals surface area contributed by atoms with Crippen molar-refractivity contribution < 1.29 is 4.74 Å². The van der Waals surface area contributed by atoms with Crippen LogP contribution < -0.4 is 10.1 Å². The smallest absolute Gasteiger partial charge is 0.218 e. The van der Waals surface area contributed by atoms with Gasteiger partial charge in [-0.1, -0.05) is 11.6 Å². The lowest BCUT2D eigenvalue weighted by Gasteiger charge is -2.05. The molecule has 0 aliphatic heterocycles. The molecule has 15 heavy (non-hydrogen) atoms. The standard InChI is InChI=1S/C11H17N3O/c1-4-15-11-7-10(13-8-14-11)12-6-5-9(2)3/h5,7-8H,4,6H2,1-3H3,(H,12,13,14). The third-order valence-corrected chi connectivity index (χ3v) is 1.73. The van der Waals surface area contributed by atoms with Crippen LogP contribution in [0.5, 0.6) is 5.88 Å². The molecule has 0 radical (unpaired) electrons. The van der Waals surface area contributed by atoms with Crippen LogP contribution in [0.3, 0.4) is 0 Å². The molecule has 0 bridgehead atoms. The van der Waals surface area contributed by atoms with Gasteiger partial charge in [0, 0.05) is 12.6 Å². The molecule has 0 saturated carbocycles. The fraction of sp³-hybridized carbons (Fsp3) is 0.455. The Morgan fingerprint density at radius 1 is 1.47 bits per heavy atom. The minimum absolute atomic E-state index is 0.604. The van der Waals surface area contributed by atoms with Gasteiger partial charge in [0.1, 0.15) is 12.1 Å². The lowest BCUT2D eigenvalue weighted by molar-refractivity contribution is 0.326. The first-order chi connectivity index (χ1) is 7.22. The van der Waals surface area contributed by atoms with Crippen molar-refractivity contribution in [2.75, 3.05) is 18.5 Å². The number of rotatable bonds is 5. The van der Waals surface area contributed by atoms with E-state index in [4.69, 9.17) is 4.74 Å². The van der Waals surface area contributed by atoms with E-state index in [9.17, 15) is 0 Å². The topological polar surface area (TPSA) is 47.0 Å². The van der Waals surface area contributed by atoms with Crippen LogP contribution in [0.1, 0.15) is 20.8 Å². The van der Waals surface area contributed by atoms with Crippen molar-refractivity contribution in [3.8, 4) is 5.88 Å². The summed E-state index contributed by atoms with van der Waals surface area (Å²) in [4.78, 5) is 8.07. The summed E-state index contributed by atoms with van der Waals surface area (Å²) in [6.45, 7) is 7.44. The Hall–Kier alpha value is -1.58. The summed E-state index contributed by atoms with van der Waals surface area (Å²) in [5, 5.41) is 3.17. The van der Waals surface area contributed by atoms with Crippen LogP contribution in [0.15, 0.2) is 24.0 Å². The summed E-state index contributed by atoms with van der Waals surface area (Å²) in [5.41, 5.74) is 1.28. The molecule has 0 spiro atoms. The zero-order valence-corrected chi connectivity index (χ0v) is 9.45. The first-order valence-corrected chi connectivity index (χ1v) is 5.04. The highest BCUT2D eigenvalue weighted by atomic mass is 16.5. The van der Waals surface area contributed by atoms with E-state index in [1.807, 2.05) is 6.92 Å². The number of anilines is 1. The molecule has 0 aromatic carbocycles. The van der Waals surface area contributed by atoms with Crippen LogP contribution in [-0.4, -0.2) is 23.1 Å². The third-order valence-electron chi connectivity index (χ3n) is 1.73. The predicted octanol–water partition coefficient (Wildman–Crippen LogP) is 2.25. The van der Waals surface area contributed by atoms with Gasteiger partial charge in [0.25, 0.3) is 0 Å². The highest BCUT2D eigenvalue weighted by Crippen LogP contribution is 2.10. The second-order valence-corrected chi connectivity index (χ2v) is 3.34. The number of nitrogens with zero attached hydrogens (tertiary/aromatic N) is 2. The summed E-state index contributed by atoms with van der Waals surface area (Å²) in [6, 6.07) is 1.79. The first-order valence-electron chi connectivity index (χ1n) is 5.04. The molecule has 4 nitrogen and oxygen atoms in total. The normalized spacial score (nSPS) is 9.53. The SMILES string of the molecule is CCOc1cc(NCC=C(C)C)ncn1. The molecule has 0 unspecified atom stereocenters. The van der Waals surface area contributed by atoms with E-state index in [0.717, 1.165) is 12.4 Å². The Morgan fingerprint density at radius 3 is 2.93 bits per heavy atom.